The molecule has 1 aromatic rings. The maximum absolute atomic E-state index is 11.7. The molecule has 5 nitrogen and oxygen atoms in total. The first-order chi connectivity index (χ1) is 8.04. The molecule has 17 heavy (non-hydrogen) atoms. The Balaban J connectivity index is 2.75. The number of carboxylic acid groups (broad SMARTS) is 1. The predicted molar refractivity (Wildman–Crippen MR) is 62.2 cm³/mol. The lowest BCUT2D eigenvalue weighted by molar-refractivity contribution is -0.138. The fourth-order valence-electron chi connectivity index (χ4n) is 1.24. The van der Waals surface area contributed by atoms with Crippen LogP contribution < -0.4 is 10.1 Å². The largest absolute Gasteiger partial charge is 0.494 e. The average Bonchev–Trinajstić information content (AvgIpc) is 2.29. The first kappa shape index (κ1) is 13.0. The highest BCUT2D eigenvalue weighted by Crippen LogP contribution is 2.13. The van der Waals surface area contributed by atoms with Crippen LogP contribution in [0.2, 0.25) is 0 Å². The zero-order valence-corrected chi connectivity index (χ0v) is 9.77. The molecule has 0 fully saturated rings. The van der Waals surface area contributed by atoms with E-state index >= 15 is 0 Å². The minimum absolute atomic E-state index is 0.379. The van der Waals surface area contributed by atoms with Crippen molar-refractivity contribution in [2.45, 2.75) is 19.9 Å². The number of carbonyl (C=O) groups is 2. The molecule has 0 saturated carbocycles. The highest BCUT2D eigenvalue weighted by atomic mass is 16.5. The van der Waals surface area contributed by atoms with Gasteiger partial charge in [-0.1, -0.05) is 6.07 Å². The molecule has 1 amide bonds. The van der Waals surface area contributed by atoms with E-state index in [2.05, 4.69) is 5.32 Å². The molecule has 1 rings (SSSR count). The van der Waals surface area contributed by atoms with Gasteiger partial charge in [0.25, 0.3) is 5.91 Å². The van der Waals surface area contributed by atoms with Crippen LogP contribution >= 0.6 is 0 Å². The van der Waals surface area contributed by atoms with Crippen LogP contribution in [0.5, 0.6) is 5.75 Å². The number of amides is 1. The predicted octanol–water partition coefficient (Wildman–Crippen LogP) is 1.29. The number of nitrogens with one attached hydrogen (secondary N) is 1. The third-order valence-electron chi connectivity index (χ3n) is 2.13. The van der Waals surface area contributed by atoms with Gasteiger partial charge < -0.3 is 15.2 Å². The van der Waals surface area contributed by atoms with Gasteiger partial charge in [0.05, 0.1) is 6.61 Å². The minimum atomic E-state index is -1.07. The van der Waals surface area contributed by atoms with Gasteiger partial charge >= 0.3 is 5.97 Å². The van der Waals surface area contributed by atoms with Gasteiger partial charge in [0.1, 0.15) is 11.8 Å². The minimum Gasteiger partial charge on any atom is -0.494 e. The van der Waals surface area contributed by atoms with E-state index in [1.54, 1.807) is 24.3 Å². The first-order valence-corrected chi connectivity index (χ1v) is 5.31. The van der Waals surface area contributed by atoms with Crippen molar-refractivity contribution in [2.24, 2.45) is 0 Å². The van der Waals surface area contributed by atoms with Crippen molar-refractivity contribution >= 4 is 11.9 Å². The van der Waals surface area contributed by atoms with E-state index in [9.17, 15) is 9.59 Å². The van der Waals surface area contributed by atoms with Crippen molar-refractivity contribution in [3.63, 3.8) is 0 Å². The molecule has 0 bridgehead atoms. The van der Waals surface area contributed by atoms with Gasteiger partial charge in [-0.2, -0.15) is 0 Å². The number of carboxylic acids is 1. The van der Waals surface area contributed by atoms with E-state index in [0.717, 1.165) is 0 Å². The molecule has 92 valence electrons. The maximum atomic E-state index is 11.7. The summed E-state index contributed by atoms with van der Waals surface area (Å²) in [5, 5.41) is 11.0. The fraction of sp³-hybridized carbons (Fsp3) is 0.333. The molecule has 0 aliphatic heterocycles. The van der Waals surface area contributed by atoms with Crippen LogP contribution in [0.1, 0.15) is 24.2 Å². The quantitative estimate of drug-likeness (QED) is 0.809. The van der Waals surface area contributed by atoms with Gasteiger partial charge in [-0.05, 0) is 32.0 Å². The van der Waals surface area contributed by atoms with Crippen LogP contribution in [0.15, 0.2) is 24.3 Å². The Labute approximate surface area is 99.4 Å². The summed E-state index contributed by atoms with van der Waals surface area (Å²) in [6, 6.07) is 5.68. The highest BCUT2D eigenvalue weighted by Gasteiger charge is 2.15. The Morgan fingerprint density at radius 1 is 1.47 bits per heavy atom. The molecule has 0 aliphatic rings. The molecule has 0 aromatic heterocycles. The molecule has 1 aromatic carbocycles. The van der Waals surface area contributed by atoms with E-state index in [0.29, 0.717) is 17.9 Å². The standard InChI is InChI=1S/C12H15NO4/c1-3-17-10-6-4-5-9(7-10)11(14)13-8(2)12(15)16/h4-8H,3H2,1-2H3,(H,13,14)(H,15,16)/t8-/m0/s1. The molecule has 0 unspecified atom stereocenters. The van der Waals surface area contributed by atoms with Crippen molar-refractivity contribution in [2.75, 3.05) is 6.61 Å². The molecule has 5 heteroatoms. The van der Waals surface area contributed by atoms with Crippen LogP contribution in [-0.2, 0) is 4.79 Å². The Morgan fingerprint density at radius 3 is 2.76 bits per heavy atom. The van der Waals surface area contributed by atoms with Crippen molar-refractivity contribution in [3.8, 4) is 5.75 Å². The van der Waals surface area contributed by atoms with Crippen molar-refractivity contribution in [1.29, 1.82) is 0 Å². The molecular weight excluding hydrogens is 222 g/mol. The summed E-state index contributed by atoms with van der Waals surface area (Å²) in [7, 11) is 0. The van der Waals surface area contributed by atoms with Gasteiger partial charge in [-0.3, -0.25) is 9.59 Å². The number of hydrogen-bond acceptors (Lipinski definition) is 3. The van der Waals surface area contributed by atoms with E-state index in [4.69, 9.17) is 9.84 Å². The number of aliphatic carboxylic acids is 1. The molecule has 0 radical (unpaired) electrons. The SMILES string of the molecule is CCOc1cccc(C(=O)N[C@@H](C)C(=O)O)c1. The first-order valence-electron chi connectivity index (χ1n) is 5.31. The van der Waals surface area contributed by atoms with Gasteiger partial charge in [-0.25, -0.2) is 0 Å². The van der Waals surface area contributed by atoms with Gasteiger partial charge in [0, 0.05) is 5.56 Å². The number of hydrogen-bond donors (Lipinski definition) is 2. The van der Waals surface area contributed by atoms with Crippen LogP contribution in [0.4, 0.5) is 0 Å². The van der Waals surface area contributed by atoms with Gasteiger partial charge in [-0.15, -0.1) is 0 Å². The second-order valence-corrected chi connectivity index (χ2v) is 3.49. The molecule has 0 aliphatic carbocycles. The Bertz CT molecular complexity index is 417. The number of carbonyl (C=O) groups excluding carboxylic acids is 1. The third kappa shape index (κ3) is 3.79. The zero-order valence-electron chi connectivity index (χ0n) is 9.77. The van der Waals surface area contributed by atoms with Crippen LogP contribution in [0.3, 0.4) is 0 Å². The maximum Gasteiger partial charge on any atom is 0.325 e. The number of ether oxygens (including phenoxy) is 1. The van der Waals surface area contributed by atoms with Crippen LogP contribution in [-0.4, -0.2) is 29.6 Å². The summed E-state index contributed by atoms with van der Waals surface area (Å²) in [5.41, 5.74) is 0.379. The van der Waals surface area contributed by atoms with E-state index < -0.39 is 17.9 Å². The van der Waals surface area contributed by atoms with E-state index in [-0.39, 0.29) is 0 Å². The third-order valence-corrected chi connectivity index (χ3v) is 2.13. The zero-order chi connectivity index (χ0) is 12.8. The van der Waals surface area contributed by atoms with Gasteiger partial charge in [0.15, 0.2) is 0 Å². The second kappa shape index (κ2) is 5.89. The molecule has 0 saturated heterocycles. The molecule has 2 N–H and O–H groups in total. The van der Waals surface area contributed by atoms with Crippen molar-refractivity contribution < 1.29 is 19.4 Å². The molecule has 0 spiro atoms. The topological polar surface area (TPSA) is 75.6 Å². The average molecular weight is 237 g/mol. The lowest BCUT2D eigenvalue weighted by atomic mass is 10.2. The highest BCUT2D eigenvalue weighted by molar-refractivity contribution is 5.96. The summed E-state index contributed by atoms with van der Waals surface area (Å²) < 4.78 is 5.25. The Morgan fingerprint density at radius 2 is 2.18 bits per heavy atom. The van der Waals surface area contributed by atoms with E-state index in [1.807, 2.05) is 6.92 Å². The summed E-state index contributed by atoms with van der Waals surface area (Å²) in [4.78, 5) is 22.3. The second-order valence-electron chi connectivity index (χ2n) is 3.49. The molecule has 0 heterocycles. The molecule has 1 atom stereocenters. The Kier molecular flexibility index (Phi) is 4.51. The molecular formula is C12H15NO4. The van der Waals surface area contributed by atoms with Crippen molar-refractivity contribution in [1.82, 2.24) is 5.32 Å². The monoisotopic (exact) mass is 237 g/mol. The van der Waals surface area contributed by atoms with Crippen LogP contribution in [0.25, 0.3) is 0 Å². The summed E-state index contributed by atoms with van der Waals surface area (Å²) in [6.45, 7) is 3.77. The Hall–Kier alpha value is -2.04. The smallest absolute Gasteiger partial charge is 0.325 e. The fourth-order valence-corrected chi connectivity index (χ4v) is 1.24. The summed E-state index contributed by atoms with van der Waals surface area (Å²) in [6.07, 6.45) is 0. The lowest BCUT2D eigenvalue weighted by Crippen LogP contribution is -2.38. The summed E-state index contributed by atoms with van der Waals surface area (Å²) >= 11 is 0. The van der Waals surface area contributed by atoms with E-state index in [1.165, 1.54) is 6.92 Å². The summed E-state index contributed by atoms with van der Waals surface area (Å²) in [5.74, 6) is -0.913. The van der Waals surface area contributed by atoms with Gasteiger partial charge in [0.2, 0.25) is 0 Å². The number of rotatable bonds is 5. The lowest BCUT2D eigenvalue weighted by Gasteiger charge is -2.10. The number of benzene rings is 1. The van der Waals surface area contributed by atoms with Crippen molar-refractivity contribution in [3.05, 3.63) is 29.8 Å². The van der Waals surface area contributed by atoms with Crippen LogP contribution in [0, 0.1) is 0 Å². The normalized spacial score (nSPS) is 11.6.